The quantitative estimate of drug-likeness (QED) is 0.379. The molecule has 0 fully saturated rings. The molecule has 0 heterocycles. The van der Waals surface area contributed by atoms with Crippen molar-refractivity contribution >= 4 is 16.9 Å². The van der Waals surface area contributed by atoms with E-state index in [0.29, 0.717) is 11.7 Å². The Bertz CT molecular complexity index is 260. The van der Waals surface area contributed by atoms with Crippen LogP contribution in [0.3, 0.4) is 0 Å². The Labute approximate surface area is 82.9 Å². The van der Waals surface area contributed by atoms with Crippen LogP contribution >= 0.6 is 11.8 Å². The van der Waals surface area contributed by atoms with Gasteiger partial charge in [-0.2, -0.15) is 10.5 Å². The van der Waals surface area contributed by atoms with Crippen molar-refractivity contribution < 1.29 is 0 Å². The van der Waals surface area contributed by atoms with Crippen LogP contribution in [0, 0.1) is 28.7 Å². The lowest BCUT2D eigenvalue weighted by Crippen LogP contribution is -2.28. The van der Waals surface area contributed by atoms with Crippen LogP contribution in [-0.4, -0.2) is 29.9 Å². The Morgan fingerprint density at radius 3 is 2.62 bits per heavy atom. The van der Waals surface area contributed by atoms with Crippen molar-refractivity contribution in [1.82, 2.24) is 4.90 Å². The monoisotopic (exact) mass is 196 g/mol. The van der Waals surface area contributed by atoms with Gasteiger partial charge in [0.05, 0.1) is 12.0 Å². The zero-order chi connectivity index (χ0) is 10.3. The van der Waals surface area contributed by atoms with Crippen molar-refractivity contribution in [3.63, 3.8) is 0 Å². The first-order valence-electron chi connectivity index (χ1n) is 3.77. The van der Waals surface area contributed by atoms with Gasteiger partial charge in [0.1, 0.15) is 0 Å². The average molecular weight is 196 g/mol. The van der Waals surface area contributed by atoms with Gasteiger partial charge in [0.25, 0.3) is 0 Å². The summed E-state index contributed by atoms with van der Waals surface area (Å²) >= 11 is 1.40. The minimum Gasteiger partial charge on any atom is -0.352 e. The summed E-state index contributed by atoms with van der Waals surface area (Å²) in [5, 5.41) is 17.6. The van der Waals surface area contributed by atoms with E-state index in [-0.39, 0.29) is 5.92 Å². The molecule has 0 aromatic carbocycles. The van der Waals surface area contributed by atoms with Crippen LogP contribution in [0.1, 0.15) is 6.92 Å². The van der Waals surface area contributed by atoms with E-state index in [1.54, 1.807) is 6.19 Å². The molecule has 0 amide bonds. The van der Waals surface area contributed by atoms with Crippen LogP contribution < -0.4 is 0 Å². The van der Waals surface area contributed by atoms with Gasteiger partial charge < -0.3 is 4.90 Å². The van der Waals surface area contributed by atoms with E-state index < -0.39 is 0 Å². The number of nitriles is 2. The van der Waals surface area contributed by atoms with Crippen molar-refractivity contribution in [2.75, 3.05) is 19.8 Å². The van der Waals surface area contributed by atoms with E-state index in [1.807, 2.05) is 25.1 Å². The topological polar surface area (TPSA) is 63.2 Å². The average Bonchev–Trinajstić information content (AvgIpc) is 2.13. The molecule has 0 saturated carbocycles. The molecule has 0 saturated heterocycles. The molecule has 13 heavy (non-hydrogen) atoms. The Morgan fingerprint density at radius 1 is 1.62 bits per heavy atom. The van der Waals surface area contributed by atoms with Crippen LogP contribution in [0.15, 0.2) is 4.99 Å². The predicted molar refractivity (Wildman–Crippen MR) is 54.0 cm³/mol. The largest absolute Gasteiger partial charge is 0.352 e. The van der Waals surface area contributed by atoms with Gasteiger partial charge in [-0.3, -0.25) is 0 Å². The zero-order valence-electron chi connectivity index (χ0n) is 7.98. The fourth-order valence-electron chi connectivity index (χ4n) is 0.859. The van der Waals surface area contributed by atoms with Crippen LogP contribution in [0.5, 0.6) is 0 Å². The highest BCUT2D eigenvalue weighted by molar-refractivity contribution is 8.13. The zero-order valence-corrected chi connectivity index (χ0v) is 8.80. The molecule has 0 aliphatic rings. The summed E-state index contributed by atoms with van der Waals surface area (Å²) in [6.45, 7) is 2.43. The van der Waals surface area contributed by atoms with Crippen LogP contribution in [0.25, 0.3) is 0 Å². The normalized spacial score (nSPS) is 12.8. The lowest BCUT2D eigenvalue weighted by molar-refractivity contribution is 0.462. The van der Waals surface area contributed by atoms with E-state index in [9.17, 15) is 0 Å². The van der Waals surface area contributed by atoms with Crippen molar-refractivity contribution in [1.29, 1.82) is 10.5 Å². The van der Waals surface area contributed by atoms with Crippen molar-refractivity contribution in [2.45, 2.75) is 6.92 Å². The van der Waals surface area contributed by atoms with Crippen LogP contribution in [0.4, 0.5) is 0 Å². The van der Waals surface area contributed by atoms with E-state index in [1.165, 1.54) is 11.8 Å². The number of hydrogen-bond donors (Lipinski definition) is 0. The second-order valence-electron chi connectivity index (χ2n) is 2.61. The number of nitrogens with zero attached hydrogens (tertiary/aromatic N) is 4. The molecule has 4 nitrogen and oxygen atoms in total. The summed E-state index contributed by atoms with van der Waals surface area (Å²) in [5.41, 5.74) is 0. The number of hydrogen-bond acceptors (Lipinski definition) is 4. The smallest absolute Gasteiger partial charge is 0.208 e. The standard InChI is InChI=1S/C8H12N4S/c1-7(4-9)5-12(2)8(13-3)11-6-10/h7H,5H2,1-3H3. The molecular weight excluding hydrogens is 184 g/mol. The fourth-order valence-corrected chi connectivity index (χ4v) is 1.38. The first-order chi connectivity index (χ1) is 6.15. The van der Waals surface area contributed by atoms with Gasteiger partial charge in [0, 0.05) is 13.6 Å². The number of thioether (sulfide) groups is 1. The summed E-state index contributed by atoms with van der Waals surface area (Å²) in [6.07, 6.45) is 3.58. The summed E-state index contributed by atoms with van der Waals surface area (Å²) in [6, 6.07) is 2.13. The molecule has 0 rings (SSSR count). The number of aliphatic imine (C=N–C) groups is 1. The number of amidine groups is 1. The summed E-state index contributed by atoms with van der Waals surface area (Å²) in [5.74, 6) is -0.0546. The molecule has 0 radical (unpaired) electrons. The van der Waals surface area contributed by atoms with Crippen molar-refractivity contribution in [3.8, 4) is 12.3 Å². The van der Waals surface area contributed by atoms with Crippen molar-refractivity contribution in [2.24, 2.45) is 10.9 Å². The number of rotatable bonds is 2. The fraction of sp³-hybridized carbons (Fsp3) is 0.625. The Kier molecular flexibility index (Phi) is 5.75. The highest BCUT2D eigenvalue weighted by Crippen LogP contribution is 2.05. The Balaban J connectivity index is 4.26. The van der Waals surface area contributed by atoms with E-state index in [4.69, 9.17) is 10.5 Å². The van der Waals surface area contributed by atoms with Gasteiger partial charge in [-0.05, 0) is 13.2 Å². The second-order valence-corrected chi connectivity index (χ2v) is 3.38. The highest BCUT2D eigenvalue weighted by atomic mass is 32.2. The van der Waals surface area contributed by atoms with Crippen molar-refractivity contribution in [3.05, 3.63) is 0 Å². The Morgan fingerprint density at radius 2 is 2.23 bits per heavy atom. The molecule has 70 valence electrons. The molecule has 0 bridgehead atoms. The van der Waals surface area contributed by atoms with Gasteiger partial charge in [-0.15, -0.1) is 4.99 Å². The first kappa shape index (κ1) is 11.8. The van der Waals surface area contributed by atoms with Crippen LogP contribution in [0.2, 0.25) is 0 Å². The molecule has 0 aromatic rings. The van der Waals surface area contributed by atoms with E-state index >= 15 is 0 Å². The third-order valence-corrected chi connectivity index (χ3v) is 2.19. The first-order valence-corrected chi connectivity index (χ1v) is 4.99. The van der Waals surface area contributed by atoms with E-state index in [2.05, 4.69) is 11.1 Å². The summed E-state index contributed by atoms with van der Waals surface area (Å²) < 4.78 is 0. The summed E-state index contributed by atoms with van der Waals surface area (Å²) in [7, 11) is 1.82. The van der Waals surface area contributed by atoms with Gasteiger partial charge >= 0.3 is 0 Å². The third-order valence-electron chi connectivity index (χ3n) is 1.42. The minimum atomic E-state index is -0.0546. The molecule has 0 N–H and O–H groups in total. The molecule has 0 aliphatic heterocycles. The SMILES string of the molecule is CSC(=NC#N)N(C)CC(C)C#N. The van der Waals surface area contributed by atoms with Gasteiger partial charge in [-0.25, -0.2) is 0 Å². The maximum Gasteiger partial charge on any atom is 0.208 e. The lowest BCUT2D eigenvalue weighted by atomic mass is 10.2. The lowest BCUT2D eigenvalue weighted by Gasteiger charge is -2.19. The molecule has 5 heteroatoms. The van der Waals surface area contributed by atoms with Gasteiger partial charge in [0.15, 0.2) is 5.17 Å². The van der Waals surface area contributed by atoms with Gasteiger partial charge in [0.2, 0.25) is 6.19 Å². The maximum atomic E-state index is 8.58. The second kappa shape index (κ2) is 6.33. The van der Waals surface area contributed by atoms with E-state index in [0.717, 1.165) is 0 Å². The molecule has 1 unspecified atom stereocenters. The third kappa shape index (κ3) is 4.39. The predicted octanol–water partition coefficient (Wildman–Crippen LogP) is 1.28. The van der Waals surface area contributed by atoms with Gasteiger partial charge in [-0.1, -0.05) is 11.8 Å². The minimum absolute atomic E-state index is 0.0546. The molecule has 0 spiro atoms. The van der Waals surface area contributed by atoms with Crippen LogP contribution in [-0.2, 0) is 0 Å². The highest BCUT2D eigenvalue weighted by Gasteiger charge is 2.08. The summed E-state index contributed by atoms with van der Waals surface area (Å²) in [4.78, 5) is 5.44. The molecule has 0 aliphatic carbocycles. The molecular formula is C8H12N4S. The molecule has 1 atom stereocenters. The Hall–Kier alpha value is -1.20. The molecule has 0 aromatic heterocycles. The maximum absolute atomic E-state index is 8.58.